The molecule has 0 aromatic heterocycles. The van der Waals surface area contributed by atoms with E-state index in [2.05, 4.69) is 70.9 Å². The smallest absolute Gasteiger partial charge is 0.0233 e. The van der Waals surface area contributed by atoms with Gasteiger partial charge in [-0.25, -0.2) is 0 Å². The number of nitrogens with zero attached hydrogens (tertiary/aromatic N) is 1. The molecule has 1 saturated heterocycles. The lowest BCUT2D eigenvalue weighted by molar-refractivity contribution is 0.165. The van der Waals surface area contributed by atoms with Gasteiger partial charge in [0, 0.05) is 16.7 Å². The number of hydrogen-bond acceptors (Lipinski definition) is 2. The third-order valence-corrected chi connectivity index (χ3v) is 4.63. The molecule has 1 fully saturated rings. The molecule has 0 aliphatic carbocycles. The van der Waals surface area contributed by atoms with E-state index < -0.39 is 0 Å². The lowest BCUT2D eigenvalue weighted by Crippen LogP contribution is -2.39. The van der Waals surface area contributed by atoms with E-state index in [0.29, 0.717) is 0 Å². The molecule has 0 saturated carbocycles. The van der Waals surface area contributed by atoms with Crippen molar-refractivity contribution in [3.8, 4) is 0 Å². The van der Waals surface area contributed by atoms with Crippen LogP contribution in [0.25, 0.3) is 0 Å². The summed E-state index contributed by atoms with van der Waals surface area (Å²) in [5.41, 5.74) is 1.45. The van der Waals surface area contributed by atoms with Gasteiger partial charge in [-0.1, -0.05) is 26.0 Å². The number of nitrogens with one attached hydrogen (secondary N) is 1. The topological polar surface area (TPSA) is 15.3 Å². The molecule has 1 aliphatic heterocycles. The van der Waals surface area contributed by atoms with Gasteiger partial charge in [0.1, 0.15) is 0 Å². The molecule has 112 valence electrons. The van der Waals surface area contributed by atoms with E-state index in [1.54, 1.807) is 0 Å². The maximum absolute atomic E-state index is 3.62. The second kappa shape index (κ2) is 8.35. The first-order valence-corrected chi connectivity index (χ1v) is 8.89. The first kappa shape index (κ1) is 16.2. The molecular weight excluding hydrogens is 359 g/mol. The summed E-state index contributed by atoms with van der Waals surface area (Å²) in [6.45, 7) is 10.5. The highest BCUT2D eigenvalue weighted by molar-refractivity contribution is 14.1. The summed E-state index contributed by atoms with van der Waals surface area (Å²) >= 11 is 2.37. The van der Waals surface area contributed by atoms with Gasteiger partial charge in [0.15, 0.2) is 0 Å². The Balaban J connectivity index is 1.76. The Hall–Kier alpha value is -0.130. The van der Waals surface area contributed by atoms with Crippen molar-refractivity contribution in [3.05, 3.63) is 33.4 Å². The normalized spacial score (nSPS) is 20.5. The molecule has 1 heterocycles. The van der Waals surface area contributed by atoms with Crippen molar-refractivity contribution >= 4 is 22.6 Å². The first-order chi connectivity index (χ1) is 9.63. The molecule has 2 rings (SSSR count). The molecule has 0 spiro atoms. The van der Waals surface area contributed by atoms with Crippen molar-refractivity contribution in [2.75, 3.05) is 26.2 Å². The van der Waals surface area contributed by atoms with Crippen molar-refractivity contribution in [1.82, 2.24) is 10.2 Å². The Morgan fingerprint density at radius 1 is 1.30 bits per heavy atom. The molecule has 3 heteroatoms. The van der Waals surface area contributed by atoms with E-state index in [-0.39, 0.29) is 0 Å². The van der Waals surface area contributed by atoms with Crippen LogP contribution in [0.3, 0.4) is 0 Å². The summed E-state index contributed by atoms with van der Waals surface area (Å²) in [6.07, 6.45) is 2.73. The molecule has 1 aliphatic rings. The van der Waals surface area contributed by atoms with E-state index in [1.807, 2.05) is 0 Å². The summed E-state index contributed by atoms with van der Waals surface area (Å²) < 4.78 is 1.32. The second-order valence-corrected chi connectivity index (χ2v) is 7.67. The summed E-state index contributed by atoms with van der Waals surface area (Å²) in [6, 6.07) is 8.95. The molecule has 0 amide bonds. The molecule has 1 atom stereocenters. The van der Waals surface area contributed by atoms with Crippen LogP contribution in [0.2, 0.25) is 0 Å². The fraction of sp³-hybridized carbons (Fsp3) is 0.647. The van der Waals surface area contributed by atoms with E-state index in [9.17, 15) is 0 Å². The van der Waals surface area contributed by atoms with Crippen molar-refractivity contribution in [1.29, 1.82) is 0 Å². The van der Waals surface area contributed by atoms with Crippen LogP contribution in [-0.2, 0) is 6.54 Å². The average molecular weight is 386 g/mol. The minimum atomic E-state index is 0.751. The zero-order valence-electron chi connectivity index (χ0n) is 12.7. The fourth-order valence-electron chi connectivity index (χ4n) is 2.89. The van der Waals surface area contributed by atoms with E-state index in [1.165, 1.54) is 41.6 Å². The van der Waals surface area contributed by atoms with Crippen molar-refractivity contribution in [2.24, 2.45) is 11.8 Å². The lowest BCUT2D eigenvalue weighted by Gasteiger charge is -2.33. The van der Waals surface area contributed by atoms with Gasteiger partial charge in [-0.2, -0.15) is 0 Å². The Labute approximate surface area is 137 Å². The zero-order valence-corrected chi connectivity index (χ0v) is 14.9. The van der Waals surface area contributed by atoms with Gasteiger partial charge in [0.25, 0.3) is 0 Å². The maximum Gasteiger partial charge on any atom is 0.0233 e. The zero-order chi connectivity index (χ0) is 14.4. The van der Waals surface area contributed by atoms with Gasteiger partial charge < -0.3 is 5.32 Å². The quantitative estimate of drug-likeness (QED) is 0.750. The molecule has 1 unspecified atom stereocenters. The Bertz CT molecular complexity index is 388. The number of likely N-dealkylation sites (tertiary alicyclic amines) is 1. The van der Waals surface area contributed by atoms with Crippen LogP contribution in [0.15, 0.2) is 24.3 Å². The molecule has 0 bridgehead atoms. The number of benzene rings is 1. The average Bonchev–Trinajstić information content (AvgIpc) is 2.41. The second-order valence-electron chi connectivity index (χ2n) is 6.42. The van der Waals surface area contributed by atoms with Crippen molar-refractivity contribution in [3.63, 3.8) is 0 Å². The number of rotatable bonds is 6. The van der Waals surface area contributed by atoms with Crippen molar-refractivity contribution in [2.45, 2.75) is 33.2 Å². The van der Waals surface area contributed by atoms with Gasteiger partial charge in [-0.05, 0) is 84.6 Å². The lowest BCUT2D eigenvalue weighted by atomic mass is 9.97. The van der Waals surface area contributed by atoms with E-state index >= 15 is 0 Å². The highest BCUT2D eigenvalue weighted by Gasteiger charge is 2.19. The monoisotopic (exact) mass is 386 g/mol. The van der Waals surface area contributed by atoms with Gasteiger partial charge >= 0.3 is 0 Å². The first-order valence-electron chi connectivity index (χ1n) is 7.81. The van der Waals surface area contributed by atoms with Gasteiger partial charge in [0.2, 0.25) is 0 Å². The summed E-state index contributed by atoms with van der Waals surface area (Å²) in [4.78, 5) is 2.62. The number of piperidine rings is 1. The minimum absolute atomic E-state index is 0.751. The van der Waals surface area contributed by atoms with Crippen LogP contribution in [0.4, 0.5) is 0 Å². The molecule has 2 nitrogen and oxygen atoms in total. The Morgan fingerprint density at radius 2 is 2.05 bits per heavy atom. The SMILES string of the molecule is CC(C)CNCC1CCCN(Cc2ccc(I)cc2)C1. The molecular formula is C17H27IN2. The molecule has 1 aromatic rings. The molecule has 20 heavy (non-hydrogen) atoms. The number of hydrogen-bond donors (Lipinski definition) is 1. The largest absolute Gasteiger partial charge is 0.316 e. The molecule has 1 aromatic carbocycles. The van der Waals surface area contributed by atoms with Crippen LogP contribution in [0, 0.1) is 15.4 Å². The predicted molar refractivity (Wildman–Crippen MR) is 94.9 cm³/mol. The van der Waals surface area contributed by atoms with Crippen LogP contribution < -0.4 is 5.32 Å². The maximum atomic E-state index is 3.62. The van der Waals surface area contributed by atoms with Gasteiger partial charge in [-0.15, -0.1) is 0 Å². The van der Waals surface area contributed by atoms with Gasteiger partial charge in [-0.3, -0.25) is 4.90 Å². The molecule has 1 N–H and O–H groups in total. The highest BCUT2D eigenvalue weighted by atomic mass is 127. The summed E-state index contributed by atoms with van der Waals surface area (Å²) in [5.74, 6) is 1.58. The third kappa shape index (κ3) is 5.70. The van der Waals surface area contributed by atoms with Crippen LogP contribution in [0.5, 0.6) is 0 Å². The van der Waals surface area contributed by atoms with Crippen LogP contribution in [0.1, 0.15) is 32.3 Å². The van der Waals surface area contributed by atoms with E-state index in [4.69, 9.17) is 0 Å². The summed E-state index contributed by atoms with van der Waals surface area (Å²) in [5, 5.41) is 3.62. The Morgan fingerprint density at radius 3 is 2.75 bits per heavy atom. The van der Waals surface area contributed by atoms with Crippen LogP contribution >= 0.6 is 22.6 Å². The predicted octanol–water partition coefficient (Wildman–Crippen LogP) is 3.75. The Kier molecular flexibility index (Phi) is 6.78. The number of halogens is 1. The minimum Gasteiger partial charge on any atom is -0.316 e. The summed E-state index contributed by atoms with van der Waals surface area (Å²) in [7, 11) is 0. The fourth-order valence-corrected chi connectivity index (χ4v) is 3.25. The third-order valence-electron chi connectivity index (χ3n) is 3.91. The van der Waals surface area contributed by atoms with Gasteiger partial charge in [0.05, 0.1) is 0 Å². The van der Waals surface area contributed by atoms with Crippen LogP contribution in [-0.4, -0.2) is 31.1 Å². The van der Waals surface area contributed by atoms with E-state index in [0.717, 1.165) is 24.9 Å². The standard InChI is InChI=1S/C17H27IN2/c1-14(2)10-19-11-16-4-3-9-20(13-16)12-15-5-7-17(18)8-6-15/h5-8,14,16,19H,3-4,9-13H2,1-2H3. The van der Waals surface area contributed by atoms with Crippen molar-refractivity contribution < 1.29 is 0 Å². The highest BCUT2D eigenvalue weighted by Crippen LogP contribution is 2.18. The molecule has 0 radical (unpaired) electrons.